The van der Waals surface area contributed by atoms with Gasteiger partial charge in [-0.3, -0.25) is 0 Å². The molecular formula is C12H16F2N2O2S. The number of alkyl halides is 2. The second-order valence-corrected chi connectivity index (χ2v) is 4.03. The van der Waals surface area contributed by atoms with Gasteiger partial charge >= 0.3 is 6.61 Å². The first-order valence-electron chi connectivity index (χ1n) is 5.64. The summed E-state index contributed by atoms with van der Waals surface area (Å²) >= 11 is 4.94. The first-order valence-corrected chi connectivity index (χ1v) is 6.05. The zero-order chi connectivity index (χ0) is 14.3. The van der Waals surface area contributed by atoms with E-state index in [1.165, 1.54) is 13.2 Å². The van der Waals surface area contributed by atoms with Crippen molar-refractivity contribution in [3.63, 3.8) is 0 Å². The van der Waals surface area contributed by atoms with Gasteiger partial charge in [-0.25, -0.2) is 0 Å². The van der Waals surface area contributed by atoms with E-state index in [-0.39, 0.29) is 11.5 Å². The predicted octanol–water partition coefficient (Wildman–Crippen LogP) is 1.93. The molecule has 0 spiro atoms. The Hall–Kier alpha value is -1.63. The molecule has 0 aliphatic rings. The number of ether oxygens (including phenoxy) is 2. The van der Waals surface area contributed by atoms with E-state index in [1.807, 2.05) is 0 Å². The Morgan fingerprint density at radius 1 is 1.37 bits per heavy atom. The lowest BCUT2D eigenvalue weighted by Crippen LogP contribution is -2.33. The summed E-state index contributed by atoms with van der Waals surface area (Å²) in [5.41, 5.74) is 0.935. The van der Waals surface area contributed by atoms with Crippen molar-refractivity contribution >= 4 is 17.3 Å². The van der Waals surface area contributed by atoms with Gasteiger partial charge in [-0.2, -0.15) is 8.78 Å². The van der Waals surface area contributed by atoms with Crippen LogP contribution in [0.2, 0.25) is 0 Å². The zero-order valence-corrected chi connectivity index (χ0v) is 11.5. The van der Waals surface area contributed by atoms with Crippen LogP contribution in [0.1, 0.15) is 5.56 Å². The fraction of sp³-hybridized carbons (Fsp3) is 0.417. The fourth-order valence-corrected chi connectivity index (χ4v) is 1.57. The van der Waals surface area contributed by atoms with E-state index in [9.17, 15) is 8.78 Å². The molecule has 0 heterocycles. The maximum Gasteiger partial charge on any atom is 0.387 e. The molecule has 0 amide bonds. The quantitative estimate of drug-likeness (QED) is 0.784. The van der Waals surface area contributed by atoms with Crippen LogP contribution in [-0.4, -0.2) is 32.4 Å². The van der Waals surface area contributed by atoms with Crippen molar-refractivity contribution in [3.05, 3.63) is 23.8 Å². The third-order valence-corrected chi connectivity index (χ3v) is 2.72. The molecule has 0 aliphatic carbocycles. The average molecular weight is 290 g/mol. The molecule has 0 radical (unpaired) electrons. The van der Waals surface area contributed by atoms with E-state index < -0.39 is 6.61 Å². The summed E-state index contributed by atoms with van der Waals surface area (Å²) in [6.45, 7) is -2.23. The molecule has 0 fully saturated rings. The van der Waals surface area contributed by atoms with Gasteiger partial charge in [0.05, 0.1) is 7.11 Å². The van der Waals surface area contributed by atoms with Crippen molar-refractivity contribution in [3.8, 4) is 11.5 Å². The van der Waals surface area contributed by atoms with Crippen molar-refractivity contribution in [2.75, 3.05) is 20.7 Å². The maximum absolute atomic E-state index is 12.2. The molecule has 19 heavy (non-hydrogen) atoms. The third kappa shape index (κ3) is 5.25. The summed E-state index contributed by atoms with van der Waals surface area (Å²) in [6.07, 6.45) is 0.688. The topological polar surface area (TPSA) is 42.5 Å². The molecule has 0 aromatic heterocycles. The summed E-state index contributed by atoms with van der Waals surface area (Å²) in [6, 6.07) is 4.85. The maximum atomic E-state index is 12.2. The minimum atomic E-state index is -2.87. The molecule has 2 N–H and O–H groups in total. The summed E-state index contributed by atoms with van der Waals surface area (Å²) in [5, 5.41) is 6.35. The number of methoxy groups -OCH3 is 1. The van der Waals surface area contributed by atoms with E-state index in [4.69, 9.17) is 17.0 Å². The minimum absolute atomic E-state index is 0.0277. The Balaban J connectivity index is 2.63. The first-order chi connectivity index (χ1) is 9.06. The lowest BCUT2D eigenvalue weighted by molar-refractivity contribution is -0.0512. The molecule has 1 aromatic rings. The van der Waals surface area contributed by atoms with E-state index in [0.717, 1.165) is 5.56 Å². The Labute approximate surface area is 116 Å². The van der Waals surface area contributed by atoms with Crippen LogP contribution in [0.25, 0.3) is 0 Å². The summed E-state index contributed by atoms with van der Waals surface area (Å²) in [7, 11) is 3.14. The Kier molecular flexibility index (Phi) is 6.27. The largest absolute Gasteiger partial charge is 0.493 e. The van der Waals surface area contributed by atoms with Gasteiger partial charge in [0.1, 0.15) is 0 Å². The van der Waals surface area contributed by atoms with Crippen molar-refractivity contribution in [1.82, 2.24) is 10.6 Å². The smallest absolute Gasteiger partial charge is 0.387 e. The van der Waals surface area contributed by atoms with Gasteiger partial charge in [-0.05, 0) is 36.3 Å². The van der Waals surface area contributed by atoms with Crippen molar-refractivity contribution in [2.45, 2.75) is 13.0 Å². The molecule has 106 valence electrons. The molecule has 0 saturated carbocycles. The average Bonchev–Trinajstić information content (AvgIpc) is 2.39. The number of hydrogen-bond donors (Lipinski definition) is 2. The van der Waals surface area contributed by atoms with Gasteiger partial charge in [0, 0.05) is 13.6 Å². The Morgan fingerprint density at radius 3 is 2.68 bits per heavy atom. The van der Waals surface area contributed by atoms with E-state index in [2.05, 4.69) is 15.4 Å². The van der Waals surface area contributed by atoms with Crippen LogP contribution in [0.4, 0.5) is 8.78 Å². The highest BCUT2D eigenvalue weighted by Crippen LogP contribution is 2.29. The highest BCUT2D eigenvalue weighted by molar-refractivity contribution is 7.80. The number of benzene rings is 1. The van der Waals surface area contributed by atoms with Crippen LogP contribution in [0.3, 0.4) is 0 Å². The molecule has 0 bridgehead atoms. The molecule has 0 unspecified atom stereocenters. The second-order valence-electron chi connectivity index (χ2n) is 3.62. The molecule has 0 saturated heterocycles. The van der Waals surface area contributed by atoms with Crippen molar-refractivity contribution < 1.29 is 18.3 Å². The lowest BCUT2D eigenvalue weighted by atomic mass is 10.1. The lowest BCUT2D eigenvalue weighted by Gasteiger charge is -2.12. The van der Waals surface area contributed by atoms with Gasteiger partial charge in [0.15, 0.2) is 16.6 Å². The van der Waals surface area contributed by atoms with Crippen molar-refractivity contribution in [2.24, 2.45) is 0 Å². The van der Waals surface area contributed by atoms with Gasteiger partial charge < -0.3 is 20.1 Å². The minimum Gasteiger partial charge on any atom is -0.493 e. The highest BCUT2D eigenvalue weighted by atomic mass is 32.1. The fourth-order valence-electron chi connectivity index (χ4n) is 1.47. The van der Waals surface area contributed by atoms with Crippen LogP contribution in [0.15, 0.2) is 18.2 Å². The van der Waals surface area contributed by atoms with Crippen LogP contribution in [0.5, 0.6) is 11.5 Å². The van der Waals surface area contributed by atoms with Crippen molar-refractivity contribution in [1.29, 1.82) is 0 Å². The number of halogens is 2. The summed E-state index contributed by atoms with van der Waals surface area (Å²) in [4.78, 5) is 0. The molecular weight excluding hydrogens is 274 g/mol. The Morgan fingerprint density at radius 2 is 2.11 bits per heavy atom. The summed E-state index contributed by atoms with van der Waals surface area (Å²) < 4.78 is 33.7. The zero-order valence-electron chi connectivity index (χ0n) is 10.7. The molecule has 0 atom stereocenters. The van der Waals surface area contributed by atoms with Crippen LogP contribution >= 0.6 is 12.2 Å². The highest BCUT2D eigenvalue weighted by Gasteiger charge is 2.10. The first kappa shape index (κ1) is 15.4. The second kappa shape index (κ2) is 7.73. The van der Waals surface area contributed by atoms with Gasteiger partial charge in [-0.15, -0.1) is 0 Å². The van der Waals surface area contributed by atoms with Gasteiger partial charge in [-0.1, -0.05) is 6.07 Å². The van der Waals surface area contributed by atoms with E-state index >= 15 is 0 Å². The van der Waals surface area contributed by atoms with Crippen LogP contribution < -0.4 is 20.1 Å². The number of rotatable bonds is 6. The number of thiocarbonyl (C=S) groups is 1. The van der Waals surface area contributed by atoms with Gasteiger partial charge in [0.25, 0.3) is 0 Å². The van der Waals surface area contributed by atoms with Gasteiger partial charge in [0.2, 0.25) is 0 Å². The molecule has 1 aromatic carbocycles. The van der Waals surface area contributed by atoms with E-state index in [0.29, 0.717) is 18.1 Å². The third-order valence-electron chi connectivity index (χ3n) is 2.37. The van der Waals surface area contributed by atoms with E-state index in [1.54, 1.807) is 19.2 Å². The molecule has 4 nitrogen and oxygen atoms in total. The monoisotopic (exact) mass is 290 g/mol. The standard InChI is InChI=1S/C12H16F2N2O2S/c1-15-12(19)16-6-5-8-3-4-9(18-11(13)14)10(7-8)17-2/h3-4,7,11H,5-6H2,1-2H3,(H2,15,16,19). The SMILES string of the molecule is CNC(=S)NCCc1ccc(OC(F)F)c(OC)c1. The van der Waals surface area contributed by atoms with Crippen LogP contribution in [0, 0.1) is 0 Å². The summed E-state index contributed by atoms with van der Waals surface area (Å²) in [5.74, 6) is 0.314. The number of hydrogen-bond acceptors (Lipinski definition) is 3. The Bertz CT molecular complexity index is 430. The molecule has 7 heteroatoms. The molecule has 0 aliphatic heterocycles. The van der Waals surface area contributed by atoms with Crippen LogP contribution in [-0.2, 0) is 6.42 Å². The normalized spacial score (nSPS) is 10.2. The molecule has 1 rings (SSSR count). The number of nitrogens with one attached hydrogen (secondary N) is 2. The predicted molar refractivity (Wildman–Crippen MR) is 73.0 cm³/mol.